The van der Waals surface area contributed by atoms with E-state index in [0.717, 1.165) is 5.56 Å². The minimum absolute atomic E-state index is 0.0389. The van der Waals surface area contributed by atoms with Crippen LogP contribution in [0.25, 0.3) is 6.08 Å². The number of aryl methyl sites for hydroxylation is 2. The van der Waals surface area contributed by atoms with Crippen molar-refractivity contribution in [3.63, 3.8) is 0 Å². The lowest BCUT2D eigenvalue weighted by Gasteiger charge is -2.05. The van der Waals surface area contributed by atoms with Gasteiger partial charge in [0.1, 0.15) is 17.4 Å². The zero-order valence-electron chi connectivity index (χ0n) is 10.0. The van der Waals surface area contributed by atoms with Crippen molar-refractivity contribution in [2.24, 2.45) is 0 Å². The van der Waals surface area contributed by atoms with Crippen LogP contribution in [-0.2, 0) is 4.79 Å². The number of aromatic hydroxyl groups is 1. The molecule has 0 saturated carbocycles. The van der Waals surface area contributed by atoms with E-state index < -0.39 is 5.91 Å². The van der Waals surface area contributed by atoms with Crippen molar-refractivity contribution in [1.29, 1.82) is 5.26 Å². The quantitative estimate of drug-likeness (QED) is 0.599. The third-order valence-corrected chi connectivity index (χ3v) is 2.42. The van der Waals surface area contributed by atoms with Gasteiger partial charge in [-0.2, -0.15) is 5.26 Å². The molecular formula is C13H14N2O2. The Morgan fingerprint density at radius 1 is 1.41 bits per heavy atom. The minimum Gasteiger partial charge on any atom is -0.507 e. The van der Waals surface area contributed by atoms with Crippen LogP contribution in [0.1, 0.15) is 16.7 Å². The molecule has 0 aliphatic heterocycles. The van der Waals surface area contributed by atoms with E-state index in [1.54, 1.807) is 26.0 Å². The molecule has 0 radical (unpaired) electrons. The first-order valence-electron chi connectivity index (χ1n) is 5.13. The average molecular weight is 230 g/mol. The maximum absolute atomic E-state index is 11.3. The molecule has 0 unspecified atom stereocenters. The molecular weight excluding hydrogens is 216 g/mol. The molecule has 4 heteroatoms. The number of nitrogens with one attached hydrogen (secondary N) is 1. The summed E-state index contributed by atoms with van der Waals surface area (Å²) in [7, 11) is 1.47. The van der Waals surface area contributed by atoms with Gasteiger partial charge in [-0.05, 0) is 48.7 Å². The van der Waals surface area contributed by atoms with Gasteiger partial charge in [0.15, 0.2) is 0 Å². The van der Waals surface area contributed by atoms with Gasteiger partial charge in [0.25, 0.3) is 5.91 Å². The Labute approximate surface area is 100 Å². The average Bonchev–Trinajstić information content (AvgIpc) is 2.31. The summed E-state index contributed by atoms with van der Waals surface area (Å²) < 4.78 is 0. The maximum atomic E-state index is 11.3. The van der Waals surface area contributed by atoms with Crippen LogP contribution in [0.2, 0.25) is 0 Å². The monoisotopic (exact) mass is 230 g/mol. The van der Waals surface area contributed by atoms with Crippen LogP contribution in [0.3, 0.4) is 0 Å². The summed E-state index contributed by atoms with van der Waals surface area (Å²) in [4.78, 5) is 11.3. The van der Waals surface area contributed by atoms with Gasteiger partial charge in [0.2, 0.25) is 0 Å². The van der Waals surface area contributed by atoms with E-state index in [4.69, 9.17) is 5.26 Å². The Balaban J connectivity index is 3.23. The highest BCUT2D eigenvalue weighted by Crippen LogP contribution is 2.24. The zero-order chi connectivity index (χ0) is 13.0. The van der Waals surface area contributed by atoms with E-state index >= 15 is 0 Å². The summed E-state index contributed by atoms with van der Waals surface area (Å²) in [5.41, 5.74) is 2.19. The van der Waals surface area contributed by atoms with E-state index in [1.165, 1.54) is 13.1 Å². The number of nitriles is 1. The molecule has 0 aliphatic carbocycles. The highest BCUT2D eigenvalue weighted by Gasteiger charge is 2.07. The van der Waals surface area contributed by atoms with Crippen LogP contribution in [-0.4, -0.2) is 18.1 Å². The van der Waals surface area contributed by atoms with Crippen molar-refractivity contribution in [3.05, 3.63) is 34.4 Å². The predicted octanol–water partition coefficient (Wildman–Crippen LogP) is 1.66. The maximum Gasteiger partial charge on any atom is 0.261 e. The second-order valence-corrected chi connectivity index (χ2v) is 3.75. The highest BCUT2D eigenvalue weighted by molar-refractivity contribution is 6.01. The molecule has 2 N–H and O–H groups in total. The Morgan fingerprint density at radius 3 is 2.35 bits per heavy atom. The first-order valence-corrected chi connectivity index (χ1v) is 5.13. The van der Waals surface area contributed by atoms with Crippen LogP contribution < -0.4 is 5.32 Å². The van der Waals surface area contributed by atoms with Gasteiger partial charge in [-0.3, -0.25) is 4.79 Å². The van der Waals surface area contributed by atoms with Crippen LogP contribution in [0.5, 0.6) is 5.75 Å². The number of amides is 1. The van der Waals surface area contributed by atoms with Gasteiger partial charge in [0.05, 0.1) is 0 Å². The second kappa shape index (κ2) is 5.17. The molecule has 0 aliphatic rings. The number of likely N-dealkylation sites (N-methyl/N-ethyl adjacent to an activating group) is 1. The summed E-state index contributed by atoms with van der Waals surface area (Å²) >= 11 is 0. The summed E-state index contributed by atoms with van der Waals surface area (Å²) in [6, 6.07) is 5.29. The lowest BCUT2D eigenvalue weighted by atomic mass is 10.0. The molecule has 0 bridgehead atoms. The first-order chi connectivity index (χ1) is 7.99. The van der Waals surface area contributed by atoms with Gasteiger partial charge in [-0.25, -0.2) is 0 Å². The van der Waals surface area contributed by atoms with Crippen molar-refractivity contribution in [3.8, 4) is 11.8 Å². The number of hydrogen-bond acceptors (Lipinski definition) is 3. The molecule has 0 atom stereocenters. The van der Waals surface area contributed by atoms with Crippen molar-refractivity contribution < 1.29 is 9.90 Å². The Hall–Kier alpha value is -2.28. The predicted molar refractivity (Wildman–Crippen MR) is 65.2 cm³/mol. The molecule has 0 aromatic heterocycles. The SMILES string of the molecule is CNC(=O)/C(C#N)=C\c1cc(C)c(O)c(C)c1. The fourth-order valence-electron chi connectivity index (χ4n) is 1.52. The Kier molecular flexibility index (Phi) is 3.89. The van der Waals surface area contributed by atoms with Crippen LogP contribution in [0.4, 0.5) is 0 Å². The van der Waals surface area contributed by atoms with Crippen molar-refractivity contribution >= 4 is 12.0 Å². The molecule has 1 aromatic rings. The fraction of sp³-hybridized carbons (Fsp3) is 0.231. The second-order valence-electron chi connectivity index (χ2n) is 3.75. The Bertz CT molecular complexity index is 502. The van der Waals surface area contributed by atoms with Crippen molar-refractivity contribution in [2.75, 3.05) is 7.05 Å². The van der Waals surface area contributed by atoms with Gasteiger partial charge < -0.3 is 10.4 Å². The van der Waals surface area contributed by atoms with Gasteiger partial charge in [0, 0.05) is 7.05 Å². The first kappa shape index (κ1) is 12.8. The molecule has 1 amide bonds. The molecule has 0 heterocycles. The standard InChI is InChI=1S/C13H14N2O2/c1-8-4-10(5-9(2)12(8)16)6-11(7-14)13(17)15-3/h4-6,16H,1-3H3,(H,15,17)/b11-6-. The summed E-state index contributed by atoms with van der Waals surface area (Å²) in [6.07, 6.45) is 1.50. The number of carbonyl (C=O) groups excluding carboxylic acids is 1. The smallest absolute Gasteiger partial charge is 0.261 e. The summed E-state index contributed by atoms with van der Waals surface area (Å²) in [6.45, 7) is 3.54. The van der Waals surface area contributed by atoms with E-state index in [2.05, 4.69) is 5.32 Å². The topological polar surface area (TPSA) is 73.1 Å². The van der Waals surface area contributed by atoms with Gasteiger partial charge in [-0.1, -0.05) is 0 Å². The fourth-order valence-corrected chi connectivity index (χ4v) is 1.52. The van der Waals surface area contributed by atoms with Gasteiger partial charge in [-0.15, -0.1) is 0 Å². The largest absolute Gasteiger partial charge is 0.507 e. The molecule has 88 valence electrons. The third-order valence-electron chi connectivity index (χ3n) is 2.42. The minimum atomic E-state index is -0.420. The van der Waals surface area contributed by atoms with Crippen molar-refractivity contribution in [1.82, 2.24) is 5.32 Å². The third kappa shape index (κ3) is 2.85. The zero-order valence-corrected chi connectivity index (χ0v) is 10.0. The highest BCUT2D eigenvalue weighted by atomic mass is 16.3. The number of hydrogen-bond donors (Lipinski definition) is 2. The summed E-state index contributed by atoms with van der Waals surface area (Å²) in [5, 5.41) is 20.9. The molecule has 4 nitrogen and oxygen atoms in total. The van der Waals surface area contributed by atoms with Crippen LogP contribution in [0, 0.1) is 25.2 Å². The normalized spacial score (nSPS) is 10.8. The lowest BCUT2D eigenvalue weighted by Crippen LogP contribution is -2.19. The van der Waals surface area contributed by atoms with E-state index in [0.29, 0.717) is 11.1 Å². The molecule has 0 saturated heterocycles. The number of phenolic OH excluding ortho intramolecular Hbond substituents is 1. The molecule has 0 fully saturated rings. The summed E-state index contributed by atoms with van der Waals surface area (Å²) in [5.74, 6) is -0.184. The van der Waals surface area contributed by atoms with Crippen LogP contribution >= 0.6 is 0 Å². The van der Waals surface area contributed by atoms with E-state index in [-0.39, 0.29) is 11.3 Å². The molecule has 0 spiro atoms. The number of phenols is 1. The van der Waals surface area contributed by atoms with Crippen LogP contribution in [0.15, 0.2) is 17.7 Å². The number of rotatable bonds is 2. The van der Waals surface area contributed by atoms with E-state index in [9.17, 15) is 9.90 Å². The number of nitrogens with zero attached hydrogens (tertiary/aromatic N) is 1. The molecule has 17 heavy (non-hydrogen) atoms. The number of carbonyl (C=O) groups is 1. The lowest BCUT2D eigenvalue weighted by molar-refractivity contribution is -0.116. The van der Waals surface area contributed by atoms with Crippen molar-refractivity contribution in [2.45, 2.75) is 13.8 Å². The Morgan fingerprint density at radius 2 is 1.94 bits per heavy atom. The molecule has 1 aromatic carbocycles. The van der Waals surface area contributed by atoms with Gasteiger partial charge >= 0.3 is 0 Å². The number of benzene rings is 1. The van der Waals surface area contributed by atoms with E-state index in [1.807, 2.05) is 6.07 Å². The molecule has 1 rings (SSSR count).